The van der Waals surface area contributed by atoms with E-state index in [0.717, 1.165) is 17.7 Å². The van der Waals surface area contributed by atoms with Gasteiger partial charge in [0, 0.05) is 13.1 Å². The number of benzene rings is 2. The molecule has 0 aromatic heterocycles. The third-order valence-electron chi connectivity index (χ3n) is 4.06. The molecule has 2 aromatic rings. The van der Waals surface area contributed by atoms with E-state index < -0.39 is 5.82 Å². The van der Waals surface area contributed by atoms with Crippen molar-refractivity contribution in [1.29, 1.82) is 0 Å². The normalized spacial score (nSPS) is 14.3. The van der Waals surface area contributed by atoms with E-state index in [2.05, 4.69) is 0 Å². The van der Waals surface area contributed by atoms with E-state index in [0.29, 0.717) is 13.1 Å². The van der Waals surface area contributed by atoms with E-state index >= 15 is 0 Å². The second kappa shape index (κ2) is 6.65. The first-order valence-corrected chi connectivity index (χ1v) is 7.56. The molecule has 0 radical (unpaired) electrons. The highest BCUT2D eigenvalue weighted by atomic mass is 19.1. The van der Waals surface area contributed by atoms with E-state index in [1.165, 1.54) is 17.7 Å². The van der Waals surface area contributed by atoms with Gasteiger partial charge in [-0.05, 0) is 41.8 Å². The van der Waals surface area contributed by atoms with Gasteiger partial charge in [-0.2, -0.15) is 0 Å². The summed E-state index contributed by atoms with van der Waals surface area (Å²) in [5.41, 5.74) is 2.46. The van der Waals surface area contributed by atoms with Crippen molar-refractivity contribution in [2.75, 3.05) is 20.2 Å². The van der Waals surface area contributed by atoms with Crippen LogP contribution in [0.15, 0.2) is 54.6 Å². The maximum absolute atomic E-state index is 13.7. The molecule has 3 nitrogen and oxygen atoms in total. The van der Waals surface area contributed by atoms with Crippen molar-refractivity contribution in [1.82, 2.24) is 4.90 Å². The Bertz CT molecular complexity index is 737. The molecular weight excluding hydrogens is 293 g/mol. The van der Waals surface area contributed by atoms with Gasteiger partial charge in [-0.1, -0.05) is 30.3 Å². The standard InChI is InChI=1S/C19H18FNO2/c1-23-16-8-6-14(7-9-16)15-10-12-21(13-11-15)19(22)17-4-2-3-5-18(17)20/h2-10H,11-13H2,1H3. The number of carbonyl (C=O) groups is 1. The fraction of sp³-hybridized carbons (Fsp3) is 0.211. The monoisotopic (exact) mass is 311 g/mol. The van der Waals surface area contributed by atoms with Crippen molar-refractivity contribution >= 4 is 11.5 Å². The number of methoxy groups -OCH3 is 1. The lowest BCUT2D eigenvalue weighted by Crippen LogP contribution is -2.35. The van der Waals surface area contributed by atoms with Crippen LogP contribution in [0, 0.1) is 5.82 Å². The Morgan fingerprint density at radius 2 is 1.87 bits per heavy atom. The summed E-state index contributed by atoms with van der Waals surface area (Å²) in [6, 6.07) is 14.0. The first-order valence-electron chi connectivity index (χ1n) is 7.56. The van der Waals surface area contributed by atoms with Crippen molar-refractivity contribution in [2.24, 2.45) is 0 Å². The number of nitrogens with zero attached hydrogens (tertiary/aromatic N) is 1. The van der Waals surface area contributed by atoms with Gasteiger partial charge in [-0.3, -0.25) is 4.79 Å². The topological polar surface area (TPSA) is 29.5 Å². The Morgan fingerprint density at radius 3 is 2.48 bits per heavy atom. The second-order valence-corrected chi connectivity index (χ2v) is 5.44. The Morgan fingerprint density at radius 1 is 1.13 bits per heavy atom. The first kappa shape index (κ1) is 15.3. The molecule has 2 aromatic carbocycles. The fourth-order valence-electron chi connectivity index (χ4n) is 2.73. The third kappa shape index (κ3) is 3.26. The molecule has 118 valence electrons. The van der Waals surface area contributed by atoms with Crippen molar-refractivity contribution in [3.05, 3.63) is 71.6 Å². The molecule has 0 bridgehead atoms. The average Bonchev–Trinajstić information content (AvgIpc) is 2.62. The van der Waals surface area contributed by atoms with Gasteiger partial charge < -0.3 is 9.64 Å². The van der Waals surface area contributed by atoms with E-state index in [1.54, 1.807) is 24.1 Å². The molecule has 3 rings (SSSR count). The van der Waals surface area contributed by atoms with Crippen molar-refractivity contribution < 1.29 is 13.9 Å². The van der Waals surface area contributed by atoms with E-state index in [-0.39, 0.29) is 11.5 Å². The lowest BCUT2D eigenvalue weighted by molar-refractivity contribution is 0.0768. The Hall–Kier alpha value is -2.62. The zero-order valence-corrected chi connectivity index (χ0v) is 13.0. The van der Waals surface area contributed by atoms with Crippen molar-refractivity contribution in [3.8, 4) is 5.75 Å². The predicted octanol–water partition coefficient (Wildman–Crippen LogP) is 3.76. The van der Waals surface area contributed by atoms with Crippen LogP contribution in [0.4, 0.5) is 4.39 Å². The maximum atomic E-state index is 13.7. The predicted molar refractivity (Wildman–Crippen MR) is 87.9 cm³/mol. The van der Waals surface area contributed by atoms with Crippen LogP contribution in [0.3, 0.4) is 0 Å². The zero-order valence-electron chi connectivity index (χ0n) is 13.0. The molecular formula is C19H18FNO2. The average molecular weight is 311 g/mol. The van der Waals surface area contributed by atoms with Crippen LogP contribution in [-0.4, -0.2) is 31.0 Å². The Kier molecular flexibility index (Phi) is 4.42. The molecule has 1 heterocycles. The van der Waals surface area contributed by atoms with Gasteiger partial charge in [-0.25, -0.2) is 4.39 Å². The maximum Gasteiger partial charge on any atom is 0.257 e. The highest BCUT2D eigenvalue weighted by Crippen LogP contribution is 2.25. The third-order valence-corrected chi connectivity index (χ3v) is 4.06. The molecule has 0 fully saturated rings. The lowest BCUT2D eigenvalue weighted by Gasteiger charge is -2.27. The number of rotatable bonds is 3. The summed E-state index contributed by atoms with van der Waals surface area (Å²) in [7, 11) is 1.64. The van der Waals surface area contributed by atoms with Crippen LogP contribution in [-0.2, 0) is 0 Å². The molecule has 0 atom stereocenters. The van der Waals surface area contributed by atoms with Crippen LogP contribution < -0.4 is 4.74 Å². The van der Waals surface area contributed by atoms with Gasteiger partial charge in [0.05, 0.1) is 12.7 Å². The summed E-state index contributed by atoms with van der Waals surface area (Å²) >= 11 is 0. The summed E-state index contributed by atoms with van der Waals surface area (Å²) in [5, 5.41) is 0. The molecule has 1 amide bonds. The smallest absolute Gasteiger partial charge is 0.257 e. The van der Waals surface area contributed by atoms with Crippen LogP contribution in [0.1, 0.15) is 22.3 Å². The largest absolute Gasteiger partial charge is 0.497 e. The Balaban J connectivity index is 1.72. The fourth-order valence-corrected chi connectivity index (χ4v) is 2.73. The molecule has 23 heavy (non-hydrogen) atoms. The minimum atomic E-state index is -0.470. The van der Waals surface area contributed by atoms with Crippen molar-refractivity contribution in [2.45, 2.75) is 6.42 Å². The number of hydrogen-bond acceptors (Lipinski definition) is 2. The van der Waals surface area contributed by atoms with Gasteiger partial charge >= 0.3 is 0 Å². The Labute approximate surface area is 135 Å². The van der Waals surface area contributed by atoms with Crippen LogP contribution in [0.2, 0.25) is 0 Å². The number of halogens is 1. The lowest BCUT2D eigenvalue weighted by atomic mass is 9.99. The molecule has 4 heteroatoms. The highest BCUT2D eigenvalue weighted by molar-refractivity contribution is 5.95. The molecule has 0 saturated heterocycles. The second-order valence-electron chi connectivity index (χ2n) is 5.44. The molecule has 1 aliphatic heterocycles. The summed E-state index contributed by atoms with van der Waals surface area (Å²) in [4.78, 5) is 14.1. The highest BCUT2D eigenvalue weighted by Gasteiger charge is 2.21. The summed E-state index contributed by atoms with van der Waals surface area (Å²) in [5.74, 6) is 0.0945. The summed E-state index contributed by atoms with van der Waals surface area (Å²) in [6.45, 7) is 1.08. The number of amides is 1. The van der Waals surface area contributed by atoms with Crippen LogP contribution in [0.5, 0.6) is 5.75 Å². The quantitative estimate of drug-likeness (QED) is 0.863. The van der Waals surface area contributed by atoms with Crippen LogP contribution in [0.25, 0.3) is 5.57 Å². The number of ether oxygens (including phenoxy) is 1. The van der Waals surface area contributed by atoms with E-state index in [1.807, 2.05) is 30.3 Å². The van der Waals surface area contributed by atoms with E-state index in [9.17, 15) is 9.18 Å². The van der Waals surface area contributed by atoms with Crippen molar-refractivity contribution in [3.63, 3.8) is 0 Å². The minimum Gasteiger partial charge on any atom is -0.497 e. The zero-order chi connectivity index (χ0) is 16.2. The molecule has 0 N–H and O–H groups in total. The van der Waals surface area contributed by atoms with E-state index in [4.69, 9.17) is 4.74 Å². The molecule has 0 unspecified atom stereocenters. The van der Waals surface area contributed by atoms with Crippen LogP contribution >= 0.6 is 0 Å². The number of carbonyl (C=O) groups excluding carboxylic acids is 1. The van der Waals surface area contributed by atoms with Gasteiger partial charge in [0.2, 0.25) is 0 Å². The van der Waals surface area contributed by atoms with Gasteiger partial charge in [0.1, 0.15) is 11.6 Å². The van der Waals surface area contributed by atoms with Gasteiger partial charge in [0.15, 0.2) is 0 Å². The summed E-state index contributed by atoms with van der Waals surface area (Å²) in [6.07, 6.45) is 2.79. The number of hydrogen-bond donors (Lipinski definition) is 0. The first-order chi connectivity index (χ1) is 11.2. The molecule has 0 saturated carbocycles. The van der Waals surface area contributed by atoms with Gasteiger partial charge in [0.25, 0.3) is 5.91 Å². The molecule has 0 spiro atoms. The SMILES string of the molecule is COc1ccc(C2=CCN(C(=O)c3ccccc3F)CC2)cc1. The summed E-state index contributed by atoms with van der Waals surface area (Å²) < 4.78 is 18.9. The molecule has 1 aliphatic rings. The molecule has 0 aliphatic carbocycles. The van der Waals surface area contributed by atoms with Gasteiger partial charge in [-0.15, -0.1) is 0 Å². The minimum absolute atomic E-state index is 0.133.